The second kappa shape index (κ2) is 7.76. The lowest BCUT2D eigenvalue weighted by molar-refractivity contribution is -0.121. The molecule has 0 spiro atoms. The molecule has 0 fully saturated rings. The van der Waals surface area contributed by atoms with Crippen molar-refractivity contribution >= 4 is 11.6 Å². The fourth-order valence-corrected chi connectivity index (χ4v) is 2.79. The van der Waals surface area contributed by atoms with Crippen LogP contribution in [0.25, 0.3) is 0 Å². The van der Waals surface area contributed by atoms with Crippen molar-refractivity contribution in [3.63, 3.8) is 0 Å². The molecule has 3 heteroatoms. The minimum absolute atomic E-state index is 0.00427. The maximum atomic E-state index is 12.6. The molecular formula is C20H30O3. The topological polar surface area (TPSA) is 43.4 Å². The molecule has 3 nitrogen and oxygen atoms in total. The van der Waals surface area contributed by atoms with Crippen LogP contribution in [0.5, 0.6) is 5.75 Å². The van der Waals surface area contributed by atoms with Crippen LogP contribution in [0.3, 0.4) is 0 Å². The number of benzene rings is 1. The van der Waals surface area contributed by atoms with Crippen molar-refractivity contribution in [2.75, 3.05) is 7.11 Å². The Morgan fingerprint density at radius 2 is 1.78 bits per heavy atom. The molecule has 23 heavy (non-hydrogen) atoms. The molecule has 0 aromatic heterocycles. The fraction of sp³-hybridized carbons (Fsp3) is 0.600. The van der Waals surface area contributed by atoms with Gasteiger partial charge in [0.15, 0.2) is 5.78 Å². The summed E-state index contributed by atoms with van der Waals surface area (Å²) in [5, 5.41) is 0. The van der Waals surface area contributed by atoms with Gasteiger partial charge in [-0.1, -0.05) is 46.8 Å². The molecule has 1 aromatic carbocycles. The summed E-state index contributed by atoms with van der Waals surface area (Å²) in [5.41, 5.74) is 1.64. The Bertz CT molecular complexity index is 565. The molecule has 1 atom stereocenters. The van der Waals surface area contributed by atoms with Crippen molar-refractivity contribution in [1.29, 1.82) is 0 Å². The van der Waals surface area contributed by atoms with E-state index in [1.807, 2.05) is 12.1 Å². The summed E-state index contributed by atoms with van der Waals surface area (Å²) < 4.78 is 5.46. The molecule has 0 aliphatic heterocycles. The molecule has 0 radical (unpaired) electrons. The largest absolute Gasteiger partial charge is 0.496 e. The minimum atomic E-state index is -0.198. The molecule has 1 rings (SSSR count). The van der Waals surface area contributed by atoms with Crippen LogP contribution >= 0.6 is 0 Å². The highest BCUT2D eigenvalue weighted by Crippen LogP contribution is 2.32. The summed E-state index contributed by atoms with van der Waals surface area (Å²) in [6.07, 6.45) is 1.02. The third-order valence-corrected chi connectivity index (χ3v) is 4.09. The first-order chi connectivity index (χ1) is 10.6. The Balaban J connectivity index is 3.02. The van der Waals surface area contributed by atoms with E-state index in [1.54, 1.807) is 20.1 Å². The summed E-state index contributed by atoms with van der Waals surface area (Å²) >= 11 is 0. The van der Waals surface area contributed by atoms with Gasteiger partial charge in [-0.25, -0.2) is 0 Å². The van der Waals surface area contributed by atoms with Crippen LogP contribution in [0.15, 0.2) is 18.2 Å². The molecule has 1 aromatic rings. The number of hydrogen-bond acceptors (Lipinski definition) is 3. The predicted molar refractivity (Wildman–Crippen MR) is 94.3 cm³/mol. The first-order valence-corrected chi connectivity index (χ1v) is 8.28. The average Bonchev–Trinajstić information content (AvgIpc) is 2.44. The molecule has 128 valence electrons. The summed E-state index contributed by atoms with van der Waals surface area (Å²) in [4.78, 5) is 24.3. The van der Waals surface area contributed by atoms with Crippen molar-refractivity contribution in [2.24, 2.45) is 11.8 Å². The first-order valence-electron chi connectivity index (χ1n) is 8.28. The molecule has 0 saturated carbocycles. The SMILES string of the molecule is COc1cc(C(=O)CC(CC(C)C)C(C)=O)ccc1C(C)(C)C. The van der Waals surface area contributed by atoms with E-state index in [-0.39, 0.29) is 29.3 Å². The van der Waals surface area contributed by atoms with Gasteiger partial charge < -0.3 is 4.74 Å². The van der Waals surface area contributed by atoms with Crippen molar-refractivity contribution < 1.29 is 14.3 Å². The smallest absolute Gasteiger partial charge is 0.163 e. The van der Waals surface area contributed by atoms with Crippen LogP contribution in [0.4, 0.5) is 0 Å². The van der Waals surface area contributed by atoms with Gasteiger partial charge in [-0.15, -0.1) is 0 Å². The second-order valence-electron chi connectivity index (χ2n) is 7.73. The molecular weight excluding hydrogens is 288 g/mol. The van der Waals surface area contributed by atoms with Gasteiger partial charge in [0.25, 0.3) is 0 Å². The van der Waals surface area contributed by atoms with Gasteiger partial charge in [0.1, 0.15) is 11.5 Å². The fourth-order valence-electron chi connectivity index (χ4n) is 2.79. The van der Waals surface area contributed by atoms with Gasteiger partial charge in [-0.3, -0.25) is 9.59 Å². The first kappa shape index (κ1) is 19.4. The quantitative estimate of drug-likeness (QED) is 0.677. The van der Waals surface area contributed by atoms with E-state index in [1.165, 1.54) is 0 Å². The lowest BCUT2D eigenvalue weighted by atomic mass is 9.84. The number of ketones is 2. The maximum absolute atomic E-state index is 12.6. The van der Waals surface area contributed by atoms with E-state index in [2.05, 4.69) is 34.6 Å². The van der Waals surface area contributed by atoms with Crippen LogP contribution < -0.4 is 4.74 Å². The lowest BCUT2D eigenvalue weighted by Gasteiger charge is -2.22. The van der Waals surface area contributed by atoms with E-state index in [0.717, 1.165) is 17.7 Å². The third-order valence-electron chi connectivity index (χ3n) is 4.09. The van der Waals surface area contributed by atoms with Crippen molar-refractivity contribution in [3.05, 3.63) is 29.3 Å². The Labute approximate surface area is 140 Å². The number of carbonyl (C=O) groups excluding carboxylic acids is 2. The van der Waals surface area contributed by atoms with Crippen molar-refractivity contribution in [3.8, 4) is 5.75 Å². The summed E-state index contributed by atoms with van der Waals surface area (Å²) in [6, 6.07) is 5.60. The molecule has 0 aliphatic rings. The zero-order valence-electron chi connectivity index (χ0n) is 15.5. The zero-order chi connectivity index (χ0) is 17.8. The molecule has 0 saturated heterocycles. The van der Waals surface area contributed by atoms with Crippen LogP contribution in [0.2, 0.25) is 0 Å². The molecule has 0 aliphatic carbocycles. The number of methoxy groups -OCH3 is 1. The molecule has 1 unspecified atom stereocenters. The Morgan fingerprint density at radius 1 is 1.17 bits per heavy atom. The van der Waals surface area contributed by atoms with Gasteiger partial charge in [0, 0.05) is 17.9 Å². The molecule has 0 amide bonds. The van der Waals surface area contributed by atoms with E-state index in [9.17, 15) is 9.59 Å². The summed E-state index contributed by atoms with van der Waals surface area (Å²) in [5.74, 6) is 1.02. The normalized spacial score (nSPS) is 13.0. The highest BCUT2D eigenvalue weighted by molar-refractivity contribution is 5.99. The van der Waals surface area contributed by atoms with Crippen LogP contribution in [-0.2, 0) is 10.2 Å². The number of hydrogen-bond donors (Lipinski definition) is 0. The average molecular weight is 318 g/mol. The van der Waals surface area contributed by atoms with Gasteiger partial charge in [0.2, 0.25) is 0 Å². The van der Waals surface area contributed by atoms with E-state index < -0.39 is 0 Å². The standard InChI is InChI=1S/C20H30O3/c1-13(2)10-16(14(3)21)11-18(22)15-8-9-17(20(4,5)6)19(12-15)23-7/h8-9,12-13,16H,10-11H2,1-7H3. The third kappa shape index (κ3) is 5.49. The molecule has 0 N–H and O–H groups in total. The van der Waals surface area contributed by atoms with E-state index in [4.69, 9.17) is 4.74 Å². The van der Waals surface area contributed by atoms with Crippen molar-refractivity contribution in [2.45, 2.75) is 59.8 Å². The zero-order valence-corrected chi connectivity index (χ0v) is 15.5. The van der Waals surface area contributed by atoms with Crippen LogP contribution in [-0.4, -0.2) is 18.7 Å². The number of Topliss-reactive ketones (excluding diaryl/α,β-unsaturated/α-hetero) is 2. The highest BCUT2D eigenvalue weighted by atomic mass is 16.5. The highest BCUT2D eigenvalue weighted by Gasteiger charge is 2.23. The maximum Gasteiger partial charge on any atom is 0.163 e. The monoisotopic (exact) mass is 318 g/mol. The second-order valence-corrected chi connectivity index (χ2v) is 7.73. The van der Waals surface area contributed by atoms with Crippen LogP contribution in [0.1, 0.15) is 70.3 Å². The lowest BCUT2D eigenvalue weighted by Crippen LogP contribution is -2.19. The van der Waals surface area contributed by atoms with Gasteiger partial charge in [-0.2, -0.15) is 0 Å². The van der Waals surface area contributed by atoms with E-state index >= 15 is 0 Å². The number of ether oxygens (including phenoxy) is 1. The van der Waals surface area contributed by atoms with Gasteiger partial charge in [-0.05, 0) is 36.3 Å². The minimum Gasteiger partial charge on any atom is -0.496 e. The molecule has 0 bridgehead atoms. The summed E-state index contributed by atoms with van der Waals surface area (Å²) in [6.45, 7) is 12.1. The van der Waals surface area contributed by atoms with E-state index in [0.29, 0.717) is 11.5 Å². The Morgan fingerprint density at radius 3 is 2.22 bits per heavy atom. The Kier molecular flexibility index (Phi) is 6.55. The Hall–Kier alpha value is -1.64. The van der Waals surface area contributed by atoms with Gasteiger partial charge >= 0.3 is 0 Å². The van der Waals surface area contributed by atoms with Crippen molar-refractivity contribution in [1.82, 2.24) is 0 Å². The number of carbonyl (C=O) groups is 2. The van der Waals surface area contributed by atoms with Gasteiger partial charge in [0.05, 0.1) is 7.11 Å². The summed E-state index contributed by atoms with van der Waals surface area (Å²) in [7, 11) is 1.62. The number of rotatable bonds is 7. The predicted octanol–water partition coefficient (Wildman–Crippen LogP) is 4.82. The van der Waals surface area contributed by atoms with Crippen LogP contribution in [0, 0.1) is 11.8 Å². The molecule has 0 heterocycles.